The van der Waals surface area contributed by atoms with E-state index in [4.69, 9.17) is 9.47 Å². The number of likely N-dealkylation sites (N-methyl/N-ethyl adjacent to an activating group) is 1. The summed E-state index contributed by atoms with van der Waals surface area (Å²) in [7, 11) is 1.30. The third-order valence-electron chi connectivity index (χ3n) is 2.84. The summed E-state index contributed by atoms with van der Waals surface area (Å²) < 4.78 is 23.0. The number of esters is 1. The molecular formula is C15H19FN2O5. The van der Waals surface area contributed by atoms with Gasteiger partial charge in [-0.3, -0.25) is 9.59 Å². The van der Waals surface area contributed by atoms with Gasteiger partial charge >= 0.3 is 5.97 Å². The Morgan fingerprint density at radius 3 is 2.57 bits per heavy atom. The quantitative estimate of drug-likeness (QED) is 0.717. The topological polar surface area (TPSA) is 93.7 Å². The van der Waals surface area contributed by atoms with Crippen molar-refractivity contribution in [3.05, 3.63) is 29.6 Å². The lowest BCUT2D eigenvalue weighted by Crippen LogP contribution is -2.46. The number of carbonyl (C=O) groups excluding carboxylic acids is 3. The van der Waals surface area contributed by atoms with Gasteiger partial charge in [-0.05, 0) is 32.0 Å². The lowest BCUT2D eigenvalue weighted by Gasteiger charge is -2.13. The number of methoxy groups -OCH3 is 1. The van der Waals surface area contributed by atoms with Crippen LogP contribution in [0.15, 0.2) is 18.2 Å². The fraction of sp³-hybridized carbons (Fsp3) is 0.400. The summed E-state index contributed by atoms with van der Waals surface area (Å²) in [6, 6.07) is 2.80. The molecule has 0 aliphatic heterocycles. The van der Waals surface area contributed by atoms with Crippen LogP contribution in [0.3, 0.4) is 0 Å². The molecule has 0 aliphatic rings. The fourth-order valence-electron chi connectivity index (χ4n) is 1.68. The van der Waals surface area contributed by atoms with Crippen LogP contribution in [0.5, 0.6) is 5.75 Å². The predicted molar refractivity (Wildman–Crippen MR) is 79.5 cm³/mol. The van der Waals surface area contributed by atoms with Crippen LogP contribution >= 0.6 is 0 Å². The van der Waals surface area contributed by atoms with E-state index in [2.05, 4.69) is 10.6 Å². The highest BCUT2D eigenvalue weighted by Gasteiger charge is 2.17. The van der Waals surface area contributed by atoms with E-state index in [-0.39, 0.29) is 17.2 Å². The molecular weight excluding hydrogens is 307 g/mol. The maximum absolute atomic E-state index is 13.5. The average Bonchev–Trinajstić information content (AvgIpc) is 2.52. The molecule has 23 heavy (non-hydrogen) atoms. The number of halogens is 1. The van der Waals surface area contributed by atoms with Crippen LogP contribution in [-0.4, -0.2) is 44.1 Å². The number of hydrogen-bond acceptors (Lipinski definition) is 5. The Balaban J connectivity index is 2.51. The van der Waals surface area contributed by atoms with Crippen LogP contribution in [0, 0.1) is 5.82 Å². The summed E-state index contributed by atoms with van der Waals surface area (Å²) in [6.45, 7) is 3.12. The van der Waals surface area contributed by atoms with Crippen molar-refractivity contribution in [1.82, 2.24) is 10.6 Å². The normalized spacial score (nSPS) is 11.3. The van der Waals surface area contributed by atoms with Gasteiger partial charge in [-0.1, -0.05) is 0 Å². The van der Waals surface area contributed by atoms with E-state index in [0.717, 1.165) is 6.07 Å². The minimum absolute atomic E-state index is 0.00458. The highest BCUT2D eigenvalue weighted by molar-refractivity contribution is 5.92. The van der Waals surface area contributed by atoms with Crippen molar-refractivity contribution < 1.29 is 28.2 Å². The number of carbonyl (C=O) groups is 3. The highest BCUT2D eigenvalue weighted by Crippen LogP contribution is 2.18. The second kappa shape index (κ2) is 8.72. The molecule has 0 unspecified atom stereocenters. The third kappa shape index (κ3) is 5.57. The number of amides is 2. The van der Waals surface area contributed by atoms with Crippen molar-refractivity contribution in [3.63, 3.8) is 0 Å². The van der Waals surface area contributed by atoms with Gasteiger partial charge in [0.25, 0.3) is 5.91 Å². The monoisotopic (exact) mass is 326 g/mol. The summed E-state index contributed by atoms with van der Waals surface area (Å²) in [5.41, 5.74) is -0.0483. The van der Waals surface area contributed by atoms with Crippen LogP contribution in [0.4, 0.5) is 4.39 Å². The summed E-state index contributed by atoms with van der Waals surface area (Å²) in [5.74, 6) is -2.55. The van der Waals surface area contributed by atoms with Gasteiger partial charge in [0.2, 0.25) is 5.91 Å². The molecule has 0 fully saturated rings. The number of rotatable bonds is 7. The second-order valence-corrected chi connectivity index (χ2v) is 4.61. The maximum Gasteiger partial charge on any atom is 0.338 e. The molecule has 2 amide bonds. The third-order valence-corrected chi connectivity index (χ3v) is 2.84. The molecule has 126 valence electrons. The molecule has 0 spiro atoms. The van der Waals surface area contributed by atoms with Gasteiger partial charge in [0.15, 0.2) is 18.2 Å². The van der Waals surface area contributed by atoms with Crippen molar-refractivity contribution in [3.8, 4) is 5.75 Å². The Morgan fingerprint density at radius 2 is 2.00 bits per heavy atom. The molecule has 7 nitrogen and oxygen atoms in total. The lowest BCUT2D eigenvalue weighted by atomic mass is 10.2. The molecule has 0 heterocycles. The Kier molecular flexibility index (Phi) is 6.98. The molecule has 0 saturated carbocycles. The van der Waals surface area contributed by atoms with E-state index in [1.165, 1.54) is 26.2 Å². The van der Waals surface area contributed by atoms with E-state index in [1.807, 2.05) is 0 Å². The first-order valence-electron chi connectivity index (χ1n) is 6.96. The van der Waals surface area contributed by atoms with E-state index in [1.54, 1.807) is 6.92 Å². The standard InChI is InChI=1S/C15H19FN2O5/c1-4-17-14(20)9(2)18-13(19)8-23-15(21)10-5-6-12(22-3)11(16)7-10/h5-7,9H,4,8H2,1-3H3,(H,17,20)(H,18,19)/t9-/m0/s1. The summed E-state index contributed by atoms with van der Waals surface area (Å²) in [6.07, 6.45) is 0. The van der Waals surface area contributed by atoms with Crippen LogP contribution in [0.2, 0.25) is 0 Å². The Labute approximate surface area is 133 Å². The minimum atomic E-state index is -0.854. The van der Waals surface area contributed by atoms with Gasteiger partial charge in [-0.2, -0.15) is 0 Å². The average molecular weight is 326 g/mol. The Bertz CT molecular complexity index is 591. The fourth-order valence-corrected chi connectivity index (χ4v) is 1.68. The molecule has 0 radical (unpaired) electrons. The number of hydrogen-bond donors (Lipinski definition) is 2. The van der Waals surface area contributed by atoms with Crippen molar-refractivity contribution in [2.75, 3.05) is 20.3 Å². The van der Waals surface area contributed by atoms with E-state index in [0.29, 0.717) is 6.54 Å². The van der Waals surface area contributed by atoms with Gasteiger partial charge in [0.1, 0.15) is 6.04 Å². The Morgan fingerprint density at radius 1 is 1.30 bits per heavy atom. The first-order valence-corrected chi connectivity index (χ1v) is 6.96. The SMILES string of the molecule is CCNC(=O)[C@H](C)NC(=O)COC(=O)c1ccc(OC)c(F)c1. The van der Waals surface area contributed by atoms with Gasteiger partial charge in [0.05, 0.1) is 12.7 Å². The van der Waals surface area contributed by atoms with Crippen molar-refractivity contribution in [2.45, 2.75) is 19.9 Å². The summed E-state index contributed by atoms with van der Waals surface area (Å²) in [5, 5.41) is 4.92. The largest absolute Gasteiger partial charge is 0.494 e. The van der Waals surface area contributed by atoms with E-state index < -0.39 is 30.3 Å². The van der Waals surface area contributed by atoms with Crippen LogP contribution in [0.25, 0.3) is 0 Å². The number of nitrogens with one attached hydrogen (secondary N) is 2. The predicted octanol–water partition coefficient (Wildman–Crippen LogP) is 0.632. The lowest BCUT2D eigenvalue weighted by molar-refractivity contribution is -0.130. The molecule has 8 heteroatoms. The van der Waals surface area contributed by atoms with E-state index >= 15 is 0 Å². The molecule has 1 rings (SSSR count). The van der Waals surface area contributed by atoms with Crippen molar-refractivity contribution in [1.29, 1.82) is 0 Å². The molecule has 1 atom stereocenters. The van der Waals surface area contributed by atoms with Crippen LogP contribution < -0.4 is 15.4 Å². The number of benzene rings is 1. The zero-order valence-electron chi connectivity index (χ0n) is 13.1. The molecule has 0 aliphatic carbocycles. The Hall–Kier alpha value is -2.64. The van der Waals surface area contributed by atoms with Gasteiger partial charge in [-0.25, -0.2) is 9.18 Å². The van der Waals surface area contributed by atoms with Crippen molar-refractivity contribution >= 4 is 17.8 Å². The van der Waals surface area contributed by atoms with Crippen LogP contribution in [-0.2, 0) is 14.3 Å². The minimum Gasteiger partial charge on any atom is -0.494 e. The zero-order chi connectivity index (χ0) is 17.4. The summed E-state index contributed by atoms with van der Waals surface area (Å²) >= 11 is 0. The second-order valence-electron chi connectivity index (χ2n) is 4.61. The highest BCUT2D eigenvalue weighted by atomic mass is 19.1. The molecule has 2 N–H and O–H groups in total. The first kappa shape index (κ1) is 18.4. The van der Waals surface area contributed by atoms with Gasteiger partial charge in [-0.15, -0.1) is 0 Å². The molecule has 1 aromatic carbocycles. The molecule has 0 aromatic heterocycles. The van der Waals surface area contributed by atoms with Gasteiger partial charge in [0, 0.05) is 6.54 Å². The molecule has 0 saturated heterocycles. The van der Waals surface area contributed by atoms with E-state index in [9.17, 15) is 18.8 Å². The molecule has 0 bridgehead atoms. The van der Waals surface area contributed by atoms with Crippen molar-refractivity contribution in [2.24, 2.45) is 0 Å². The molecule has 1 aromatic rings. The van der Waals surface area contributed by atoms with Gasteiger partial charge < -0.3 is 20.1 Å². The number of ether oxygens (including phenoxy) is 2. The maximum atomic E-state index is 13.5. The zero-order valence-corrected chi connectivity index (χ0v) is 13.1. The first-order chi connectivity index (χ1) is 10.9. The van der Waals surface area contributed by atoms with Crippen LogP contribution in [0.1, 0.15) is 24.2 Å². The smallest absolute Gasteiger partial charge is 0.338 e. The summed E-state index contributed by atoms with van der Waals surface area (Å²) in [4.78, 5) is 34.8.